The van der Waals surface area contributed by atoms with Crippen molar-refractivity contribution < 1.29 is 19.4 Å². The molecular formula is C30H25ClN4O4. The second-order valence-electron chi connectivity index (χ2n) is 8.88. The number of halogens is 1. The van der Waals surface area contributed by atoms with Crippen molar-refractivity contribution in [2.24, 2.45) is 0 Å². The highest BCUT2D eigenvalue weighted by atomic mass is 35.5. The number of carbonyl (C=O) groups excluding carboxylic acids is 1. The Bertz CT molecular complexity index is 1670. The molecule has 9 heteroatoms. The van der Waals surface area contributed by atoms with Gasteiger partial charge in [0, 0.05) is 51.9 Å². The largest absolute Gasteiger partial charge is 0.497 e. The second kappa shape index (κ2) is 11.3. The van der Waals surface area contributed by atoms with Crippen molar-refractivity contribution in [1.82, 2.24) is 20.1 Å². The zero-order chi connectivity index (χ0) is 27.4. The number of nitrogens with one attached hydrogen (secondary N) is 2. The van der Waals surface area contributed by atoms with Crippen LogP contribution in [0, 0.1) is 0 Å². The predicted molar refractivity (Wildman–Crippen MR) is 151 cm³/mol. The molecule has 0 unspecified atom stereocenters. The van der Waals surface area contributed by atoms with E-state index in [0.717, 1.165) is 27.7 Å². The van der Waals surface area contributed by atoms with Gasteiger partial charge in [0.25, 0.3) is 0 Å². The molecule has 5 aromatic rings. The van der Waals surface area contributed by atoms with Crippen LogP contribution >= 0.6 is 11.6 Å². The van der Waals surface area contributed by atoms with Crippen molar-refractivity contribution in [1.29, 1.82) is 0 Å². The highest BCUT2D eigenvalue weighted by Crippen LogP contribution is 2.27. The average molecular weight is 541 g/mol. The molecule has 0 aliphatic rings. The number of rotatable bonds is 9. The Kier molecular flexibility index (Phi) is 7.47. The van der Waals surface area contributed by atoms with Gasteiger partial charge in [-0.05, 0) is 60.2 Å². The molecule has 3 N–H and O–H groups in total. The Balaban J connectivity index is 1.40. The van der Waals surface area contributed by atoms with Crippen molar-refractivity contribution in [2.45, 2.75) is 12.5 Å². The topological polar surface area (TPSA) is 109 Å². The lowest BCUT2D eigenvalue weighted by molar-refractivity contribution is -0.141. The Morgan fingerprint density at radius 3 is 2.67 bits per heavy atom. The third-order valence-corrected chi connectivity index (χ3v) is 6.54. The van der Waals surface area contributed by atoms with E-state index in [-0.39, 0.29) is 6.42 Å². The van der Waals surface area contributed by atoms with Gasteiger partial charge in [-0.2, -0.15) is 5.10 Å². The van der Waals surface area contributed by atoms with Crippen LogP contribution in [0.25, 0.3) is 33.9 Å². The van der Waals surface area contributed by atoms with E-state index in [1.807, 2.05) is 60.7 Å². The fourth-order valence-electron chi connectivity index (χ4n) is 4.34. The van der Waals surface area contributed by atoms with E-state index in [1.54, 1.807) is 42.4 Å². The minimum atomic E-state index is -1.12. The van der Waals surface area contributed by atoms with Gasteiger partial charge in [-0.3, -0.25) is 4.79 Å². The highest BCUT2D eigenvalue weighted by Gasteiger charge is 2.21. The van der Waals surface area contributed by atoms with Gasteiger partial charge in [0.15, 0.2) is 0 Å². The van der Waals surface area contributed by atoms with Crippen LogP contribution in [0.15, 0.2) is 91.3 Å². The predicted octanol–water partition coefficient (Wildman–Crippen LogP) is 5.51. The number of methoxy groups -OCH3 is 1. The quantitative estimate of drug-likeness (QED) is 0.214. The first-order chi connectivity index (χ1) is 18.9. The monoisotopic (exact) mass is 540 g/mol. The average Bonchev–Trinajstić information content (AvgIpc) is 3.56. The molecule has 2 aromatic heterocycles. The van der Waals surface area contributed by atoms with Gasteiger partial charge < -0.3 is 20.1 Å². The van der Waals surface area contributed by atoms with Crippen LogP contribution in [0.4, 0.5) is 0 Å². The maximum atomic E-state index is 12.8. The molecule has 0 saturated carbocycles. The van der Waals surface area contributed by atoms with Gasteiger partial charge in [-0.25, -0.2) is 9.48 Å². The van der Waals surface area contributed by atoms with Gasteiger partial charge in [-0.1, -0.05) is 35.9 Å². The normalized spacial score (nSPS) is 12.1. The molecule has 196 valence electrons. The number of hydrogen-bond donors (Lipinski definition) is 3. The zero-order valence-electron chi connectivity index (χ0n) is 21.0. The smallest absolute Gasteiger partial charge is 0.326 e. The lowest BCUT2D eigenvalue weighted by Gasteiger charge is -2.12. The maximum Gasteiger partial charge on any atom is 0.326 e. The third kappa shape index (κ3) is 5.86. The summed E-state index contributed by atoms with van der Waals surface area (Å²) in [6.45, 7) is 0. The number of benzene rings is 3. The van der Waals surface area contributed by atoms with Crippen molar-refractivity contribution in [3.05, 3.63) is 107 Å². The number of nitrogens with zero attached hydrogens (tertiary/aromatic N) is 2. The summed E-state index contributed by atoms with van der Waals surface area (Å²) in [6, 6.07) is 21.2. The van der Waals surface area contributed by atoms with E-state index in [1.165, 1.54) is 6.08 Å². The van der Waals surface area contributed by atoms with Gasteiger partial charge >= 0.3 is 5.97 Å². The fourth-order valence-corrected chi connectivity index (χ4v) is 4.52. The first-order valence-electron chi connectivity index (χ1n) is 12.2. The first kappa shape index (κ1) is 25.8. The summed E-state index contributed by atoms with van der Waals surface area (Å²) in [5.74, 6) is -0.937. The summed E-state index contributed by atoms with van der Waals surface area (Å²) in [5, 5.41) is 18.6. The van der Waals surface area contributed by atoms with Gasteiger partial charge in [0.05, 0.1) is 18.5 Å². The number of carbonyl (C=O) groups is 2. The van der Waals surface area contributed by atoms with Crippen molar-refractivity contribution in [3.63, 3.8) is 0 Å². The summed E-state index contributed by atoms with van der Waals surface area (Å²) in [4.78, 5) is 27.9. The van der Waals surface area contributed by atoms with Crippen LogP contribution in [0.5, 0.6) is 5.75 Å². The van der Waals surface area contributed by atoms with E-state index >= 15 is 0 Å². The number of H-pyrrole nitrogens is 1. The standard InChI is InChI=1S/C30H25ClN4O4/c1-39-24-12-9-19(10-13-24)29-20(18-35(34-29)23-6-4-5-22(31)16-23)11-14-28(36)33-27(30(37)38)15-21-17-32-26-8-3-2-7-25(21)26/h2-14,16-18,27,32H,15H2,1H3,(H,33,36)(H,37,38)/b14-11-/t27-/m0/s1. The van der Waals surface area contributed by atoms with E-state index < -0.39 is 17.9 Å². The molecule has 2 heterocycles. The zero-order valence-corrected chi connectivity index (χ0v) is 21.7. The van der Waals surface area contributed by atoms with Crippen molar-refractivity contribution >= 4 is 40.5 Å². The molecule has 0 fully saturated rings. The Morgan fingerprint density at radius 1 is 1.13 bits per heavy atom. The molecule has 0 aliphatic carbocycles. The molecule has 1 amide bonds. The van der Waals surface area contributed by atoms with E-state index in [9.17, 15) is 14.7 Å². The van der Waals surface area contributed by atoms with Crippen molar-refractivity contribution in [3.8, 4) is 22.7 Å². The number of amides is 1. The Hall–Kier alpha value is -4.82. The van der Waals surface area contributed by atoms with Crippen molar-refractivity contribution in [2.75, 3.05) is 7.11 Å². The highest BCUT2D eigenvalue weighted by molar-refractivity contribution is 6.30. The molecule has 0 saturated heterocycles. The lowest BCUT2D eigenvalue weighted by atomic mass is 10.0. The van der Waals surface area contributed by atoms with Gasteiger partial charge in [0.1, 0.15) is 11.8 Å². The number of aromatic nitrogens is 3. The summed E-state index contributed by atoms with van der Waals surface area (Å²) in [7, 11) is 1.60. The number of para-hydroxylation sites is 1. The summed E-state index contributed by atoms with van der Waals surface area (Å²) in [5.41, 5.74) is 4.59. The number of carboxylic acids is 1. The number of hydrogen-bond acceptors (Lipinski definition) is 4. The minimum absolute atomic E-state index is 0.142. The van der Waals surface area contributed by atoms with Gasteiger partial charge in [0.2, 0.25) is 5.91 Å². The number of aliphatic carboxylic acids is 1. The van der Waals surface area contributed by atoms with Crippen LogP contribution in [-0.4, -0.2) is 44.9 Å². The SMILES string of the molecule is COc1ccc(-c2nn(-c3cccc(Cl)c3)cc2/C=C\C(=O)N[C@@H](Cc2c[nH]c3ccccc23)C(=O)O)cc1. The van der Waals surface area contributed by atoms with Crippen LogP contribution < -0.4 is 10.1 Å². The molecule has 8 nitrogen and oxygen atoms in total. The molecule has 0 bridgehead atoms. The van der Waals surface area contributed by atoms with Crippen LogP contribution in [0.1, 0.15) is 11.1 Å². The van der Waals surface area contributed by atoms with Crippen LogP contribution in [-0.2, 0) is 16.0 Å². The summed E-state index contributed by atoms with van der Waals surface area (Å²) in [6.07, 6.45) is 6.64. The molecule has 0 aliphatic heterocycles. The summed E-state index contributed by atoms with van der Waals surface area (Å²) >= 11 is 6.18. The molecule has 0 spiro atoms. The van der Waals surface area contributed by atoms with Crippen LogP contribution in [0.3, 0.4) is 0 Å². The van der Waals surface area contributed by atoms with Gasteiger partial charge in [-0.15, -0.1) is 0 Å². The third-order valence-electron chi connectivity index (χ3n) is 6.31. The number of carboxylic acid groups (broad SMARTS) is 1. The second-order valence-corrected chi connectivity index (χ2v) is 9.32. The molecule has 39 heavy (non-hydrogen) atoms. The fraction of sp³-hybridized carbons (Fsp3) is 0.100. The van der Waals surface area contributed by atoms with E-state index in [0.29, 0.717) is 22.0 Å². The molecule has 0 radical (unpaired) electrons. The molecule has 1 atom stereocenters. The summed E-state index contributed by atoms with van der Waals surface area (Å²) < 4.78 is 6.94. The number of ether oxygens (including phenoxy) is 1. The lowest BCUT2D eigenvalue weighted by Crippen LogP contribution is -2.41. The Morgan fingerprint density at radius 2 is 1.92 bits per heavy atom. The Labute approximate surface area is 229 Å². The molecule has 3 aromatic carbocycles. The van der Waals surface area contributed by atoms with E-state index in [4.69, 9.17) is 21.4 Å². The number of aromatic amines is 1. The molecule has 5 rings (SSSR count). The van der Waals surface area contributed by atoms with Crippen LogP contribution in [0.2, 0.25) is 5.02 Å². The van der Waals surface area contributed by atoms with E-state index in [2.05, 4.69) is 10.3 Å². The number of fused-ring (bicyclic) bond motifs is 1. The maximum absolute atomic E-state index is 12.8. The minimum Gasteiger partial charge on any atom is -0.497 e. The first-order valence-corrected chi connectivity index (χ1v) is 12.6. The molecular weight excluding hydrogens is 516 g/mol.